The molecule has 0 N–H and O–H groups in total. The van der Waals surface area contributed by atoms with E-state index in [2.05, 4.69) is 59.3 Å². The third kappa shape index (κ3) is 4.19. The van der Waals surface area contributed by atoms with Crippen LogP contribution in [0, 0.1) is 6.92 Å². The van der Waals surface area contributed by atoms with Crippen molar-refractivity contribution < 1.29 is 4.74 Å². The Hall–Kier alpha value is -1.12. The van der Waals surface area contributed by atoms with Crippen molar-refractivity contribution in [3.05, 3.63) is 71.3 Å². The predicted octanol–water partition coefficient (Wildman–Crippen LogP) is 4.69. The van der Waals surface area contributed by atoms with Gasteiger partial charge in [-0.2, -0.15) is 0 Å². The molecule has 1 unspecified atom stereocenters. The topological polar surface area (TPSA) is 9.23 Å². The first-order valence-corrected chi connectivity index (χ1v) is 7.66. The molecule has 0 amide bonds. The molecular formula is C17H19BrO. The van der Waals surface area contributed by atoms with Gasteiger partial charge in [0.15, 0.2) is 0 Å². The minimum Gasteiger partial charge on any atom is -0.376 e. The van der Waals surface area contributed by atoms with E-state index >= 15 is 0 Å². The van der Waals surface area contributed by atoms with Crippen molar-refractivity contribution in [2.24, 2.45) is 0 Å². The first kappa shape index (κ1) is 14.3. The molecule has 0 heterocycles. The van der Waals surface area contributed by atoms with Gasteiger partial charge in [0.1, 0.15) is 0 Å². The zero-order valence-electron chi connectivity index (χ0n) is 11.2. The highest BCUT2D eigenvalue weighted by molar-refractivity contribution is 9.09. The number of hydrogen-bond donors (Lipinski definition) is 0. The summed E-state index contributed by atoms with van der Waals surface area (Å²) in [7, 11) is 0. The van der Waals surface area contributed by atoms with Crippen molar-refractivity contribution in [2.75, 3.05) is 11.9 Å². The predicted molar refractivity (Wildman–Crippen MR) is 83.8 cm³/mol. The zero-order valence-corrected chi connectivity index (χ0v) is 12.8. The fraction of sp³-hybridized carbons (Fsp3) is 0.294. The first-order chi connectivity index (χ1) is 9.31. The highest BCUT2D eigenvalue weighted by Gasteiger charge is 2.12. The van der Waals surface area contributed by atoms with Gasteiger partial charge >= 0.3 is 0 Å². The van der Waals surface area contributed by atoms with Gasteiger partial charge in [-0.3, -0.25) is 0 Å². The average Bonchev–Trinajstić information content (AvgIpc) is 2.46. The van der Waals surface area contributed by atoms with E-state index in [4.69, 9.17) is 4.74 Å². The van der Waals surface area contributed by atoms with Gasteiger partial charge in [0.25, 0.3) is 0 Å². The number of aryl methyl sites for hydroxylation is 1. The number of halogens is 1. The Morgan fingerprint density at radius 2 is 1.68 bits per heavy atom. The van der Waals surface area contributed by atoms with Crippen molar-refractivity contribution in [3.8, 4) is 0 Å². The monoisotopic (exact) mass is 318 g/mol. The summed E-state index contributed by atoms with van der Waals surface area (Å²) >= 11 is 3.59. The third-order valence-corrected chi connectivity index (χ3v) is 4.03. The van der Waals surface area contributed by atoms with Crippen LogP contribution < -0.4 is 0 Å². The van der Waals surface area contributed by atoms with E-state index in [9.17, 15) is 0 Å². The van der Waals surface area contributed by atoms with Crippen LogP contribution >= 0.6 is 15.9 Å². The Balaban J connectivity index is 1.92. The van der Waals surface area contributed by atoms with Gasteiger partial charge in [-0.15, -0.1) is 0 Å². The molecule has 2 aromatic carbocycles. The van der Waals surface area contributed by atoms with Crippen LogP contribution in [0.1, 0.15) is 22.6 Å². The molecule has 0 radical (unpaired) electrons. The lowest BCUT2D eigenvalue weighted by molar-refractivity contribution is 0.111. The van der Waals surface area contributed by atoms with E-state index in [1.54, 1.807) is 0 Å². The van der Waals surface area contributed by atoms with Gasteiger partial charge in [-0.25, -0.2) is 0 Å². The van der Waals surface area contributed by atoms with Crippen molar-refractivity contribution in [1.82, 2.24) is 0 Å². The fourth-order valence-corrected chi connectivity index (χ4v) is 2.69. The average molecular weight is 319 g/mol. The Bertz CT molecular complexity index is 496. The summed E-state index contributed by atoms with van der Waals surface area (Å²) in [6.07, 6.45) is 0. The largest absolute Gasteiger partial charge is 0.376 e. The summed E-state index contributed by atoms with van der Waals surface area (Å²) in [5.74, 6) is 0.407. The lowest BCUT2D eigenvalue weighted by Gasteiger charge is -2.17. The molecule has 0 saturated carbocycles. The molecule has 0 saturated heterocycles. The molecule has 0 aromatic heterocycles. The van der Waals surface area contributed by atoms with Crippen molar-refractivity contribution in [2.45, 2.75) is 19.4 Å². The molecule has 19 heavy (non-hydrogen) atoms. The smallest absolute Gasteiger partial charge is 0.0717 e. The Morgan fingerprint density at radius 3 is 2.37 bits per heavy atom. The standard InChI is InChI=1S/C17H19BrO/c1-14-7-5-6-10-17(14)16(11-18)13-19-12-15-8-3-2-4-9-15/h2-10,16H,11-13H2,1H3. The summed E-state index contributed by atoms with van der Waals surface area (Å²) in [5, 5.41) is 0.923. The molecule has 0 bridgehead atoms. The summed E-state index contributed by atoms with van der Waals surface area (Å²) in [4.78, 5) is 0. The maximum atomic E-state index is 5.85. The minimum atomic E-state index is 0.407. The molecule has 2 heteroatoms. The van der Waals surface area contributed by atoms with E-state index in [1.165, 1.54) is 16.7 Å². The van der Waals surface area contributed by atoms with E-state index in [0.29, 0.717) is 12.5 Å². The van der Waals surface area contributed by atoms with Crippen molar-refractivity contribution in [3.63, 3.8) is 0 Å². The quantitative estimate of drug-likeness (QED) is 0.702. The molecule has 1 nitrogen and oxygen atoms in total. The van der Waals surface area contributed by atoms with E-state index in [1.807, 2.05) is 18.2 Å². The van der Waals surface area contributed by atoms with Crippen LogP contribution in [-0.2, 0) is 11.3 Å². The van der Waals surface area contributed by atoms with Crippen LogP contribution in [-0.4, -0.2) is 11.9 Å². The Kier molecular flexibility index (Phi) is 5.62. The maximum Gasteiger partial charge on any atom is 0.0717 e. The summed E-state index contributed by atoms with van der Waals surface area (Å²) in [6, 6.07) is 18.8. The summed E-state index contributed by atoms with van der Waals surface area (Å²) in [5.41, 5.74) is 3.92. The molecule has 1 atom stereocenters. The molecule has 2 rings (SSSR count). The van der Waals surface area contributed by atoms with Gasteiger partial charge in [0, 0.05) is 11.2 Å². The van der Waals surface area contributed by atoms with Crippen molar-refractivity contribution >= 4 is 15.9 Å². The van der Waals surface area contributed by atoms with E-state index < -0.39 is 0 Å². The fourth-order valence-electron chi connectivity index (χ4n) is 2.16. The lowest BCUT2D eigenvalue weighted by atomic mass is 9.97. The second-order valence-corrected chi connectivity index (χ2v) is 5.36. The maximum absolute atomic E-state index is 5.85. The highest BCUT2D eigenvalue weighted by atomic mass is 79.9. The SMILES string of the molecule is Cc1ccccc1C(CBr)COCc1ccccc1. The van der Waals surface area contributed by atoms with Crippen LogP contribution in [0.2, 0.25) is 0 Å². The van der Waals surface area contributed by atoms with Crippen LogP contribution in [0.25, 0.3) is 0 Å². The van der Waals surface area contributed by atoms with Crippen LogP contribution in [0.4, 0.5) is 0 Å². The molecule has 2 aromatic rings. The molecule has 100 valence electrons. The molecule has 0 fully saturated rings. The van der Waals surface area contributed by atoms with Gasteiger partial charge in [-0.05, 0) is 23.6 Å². The Morgan fingerprint density at radius 1 is 1.00 bits per heavy atom. The number of ether oxygens (including phenoxy) is 1. The first-order valence-electron chi connectivity index (χ1n) is 6.54. The number of rotatable bonds is 6. The molecule has 0 aliphatic rings. The van der Waals surface area contributed by atoms with Gasteiger partial charge in [0.2, 0.25) is 0 Å². The number of alkyl halides is 1. The normalized spacial score (nSPS) is 12.3. The third-order valence-electron chi connectivity index (χ3n) is 3.25. The summed E-state index contributed by atoms with van der Waals surface area (Å²) < 4.78 is 5.85. The van der Waals surface area contributed by atoms with Crippen molar-refractivity contribution in [1.29, 1.82) is 0 Å². The van der Waals surface area contributed by atoms with Gasteiger partial charge in [-0.1, -0.05) is 70.5 Å². The van der Waals surface area contributed by atoms with Crippen LogP contribution in [0.5, 0.6) is 0 Å². The molecule has 0 aliphatic carbocycles. The van der Waals surface area contributed by atoms with Gasteiger partial charge < -0.3 is 4.74 Å². The second-order valence-electron chi connectivity index (χ2n) is 4.71. The molecule has 0 spiro atoms. The Labute approximate surface area is 123 Å². The number of hydrogen-bond acceptors (Lipinski definition) is 1. The van der Waals surface area contributed by atoms with Gasteiger partial charge in [0.05, 0.1) is 13.2 Å². The summed E-state index contributed by atoms with van der Waals surface area (Å²) in [6.45, 7) is 3.57. The van der Waals surface area contributed by atoms with E-state index in [-0.39, 0.29) is 0 Å². The zero-order chi connectivity index (χ0) is 13.5. The van der Waals surface area contributed by atoms with Crippen LogP contribution in [0.3, 0.4) is 0 Å². The second kappa shape index (κ2) is 7.46. The molecular weight excluding hydrogens is 300 g/mol. The number of benzene rings is 2. The highest BCUT2D eigenvalue weighted by Crippen LogP contribution is 2.22. The van der Waals surface area contributed by atoms with Crippen LogP contribution in [0.15, 0.2) is 54.6 Å². The molecule has 0 aliphatic heterocycles. The lowest BCUT2D eigenvalue weighted by Crippen LogP contribution is -2.10. The van der Waals surface area contributed by atoms with E-state index in [0.717, 1.165) is 11.9 Å². The minimum absolute atomic E-state index is 0.407.